The maximum Gasteiger partial charge on any atom is 3.00 e. The largest absolute Gasteiger partial charge is 3.00 e. The Hall–Kier alpha value is -0.895. The number of benzene rings is 1. The number of H-pyrrole nitrogens is 1. The standard InChI is InChI=1S/C8H7NO3.2Al.3O/c10-5-3-1-2-4-6(5)7(11)8(12)9-4;;;;;/h1-3,9-12H;;;;;/q;2*+3;3*-2. The zero-order valence-corrected chi connectivity index (χ0v) is 10.8. The molecular formula is C8H7Al2NO6. The van der Waals surface area contributed by atoms with E-state index in [9.17, 15) is 10.2 Å². The van der Waals surface area contributed by atoms with Gasteiger partial charge in [-0.05, 0) is 12.1 Å². The molecule has 0 bridgehead atoms. The van der Waals surface area contributed by atoms with Gasteiger partial charge in [0.15, 0.2) is 5.75 Å². The molecule has 4 N–H and O–H groups in total. The summed E-state index contributed by atoms with van der Waals surface area (Å²) in [5, 5.41) is 27.8. The molecular weight excluding hydrogens is 260 g/mol. The van der Waals surface area contributed by atoms with Crippen LogP contribution in [0.4, 0.5) is 0 Å². The Morgan fingerprint density at radius 2 is 1.41 bits per heavy atom. The molecule has 0 aliphatic heterocycles. The Kier molecular flexibility index (Phi) is 13.5. The number of hydrogen-bond donors (Lipinski definition) is 4. The molecule has 0 unspecified atom stereocenters. The van der Waals surface area contributed by atoms with Crippen LogP contribution < -0.4 is 0 Å². The summed E-state index contributed by atoms with van der Waals surface area (Å²) in [6.45, 7) is 0. The topological polar surface area (TPSA) is 162 Å². The van der Waals surface area contributed by atoms with Crippen LogP contribution in [0.2, 0.25) is 0 Å². The summed E-state index contributed by atoms with van der Waals surface area (Å²) in [4.78, 5) is 2.51. The van der Waals surface area contributed by atoms with E-state index in [1.54, 1.807) is 12.1 Å². The third-order valence-electron chi connectivity index (χ3n) is 1.76. The Labute approximate surface area is 118 Å². The fourth-order valence-electron chi connectivity index (χ4n) is 1.20. The normalized spacial score (nSPS) is 7.53. The number of fused-ring (bicyclic) bond motifs is 1. The summed E-state index contributed by atoms with van der Waals surface area (Å²) in [5.41, 5.74) is 0.505. The molecule has 0 radical (unpaired) electrons. The first-order valence-corrected chi connectivity index (χ1v) is 3.41. The van der Waals surface area contributed by atoms with E-state index in [-0.39, 0.29) is 73.9 Å². The second-order valence-electron chi connectivity index (χ2n) is 2.52. The van der Waals surface area contributed by atoms with E-state index in [0.717, 1.165) is 0 Å². The Morgan fingerprint density at radius 1 is 0.882 bits per heavy atom. The third kappa shape index (κ3) is 4.12. The summed E-state index contributed by atoms with van der Waals surface area (Å²) >= 11 is 0. The van der Waals surface area contributed by atoms with Crippen molar-refractivity contribution in [3.8, 4) is 17.4 Å². The third-order valence-corrected chi connectivity index (χ3v) is 1.76. The van der Waals surface area contributed by atoms with E-state index >= 15 is 0 Å². The van der Waals surface area contributed by atoms with Crippen molar-refractivity contribution in [2.45, 2.75) is 0 Å². The first-order chi connectivity index (χ1) is 5.70. The van der Waals surface area contributed by atoms with Gasteiger partial charge in [-0.15, -0.1) is 0 Å². The molecule has 7 nitrogen and oxygen atoms in total. The van der Waals surface area contributed by atoms with Gasteiger partial charge in [-0.2, -0.15) is 0 Å². The maximum atomic E-state index is 9.27. The minimum atomic E-state index is -0.327. The van der Waals surface area contributed by atoms with Gasteiger partial charge < -0.3 is 36.7 Å². The van der Waals surface area contributed by atoms with E-state index in [1.807, 2.05) is 0 Å². The molecule has 0 saturated carbocycles. The maximum absolute atomic E-state index is 9.27. The summed E-state index contributed by atoms with van der Waals surface area (Å²) < 4.78 is 0. The average Bonchev–Trinajstić information content (AvgIpc) is 2.29. The predicted molar refractivity (Wildman–Crippen MR) is 56.9 cm³/mol. The average molecular weight is 267 g/mol. The number of rotatable bonds is 0. The van der Waals surface area contributed by atoms with Crippen LogP contribution >= 0.6 is 0 Å². The van der Waals surface area contributed by atoms with Crippen molar-refractivity contribution in [1.82, 2.24) is 4.98 Å². The van der Waals surface area contributed by atoms with Crippen LogP contribution in [0.1, 0.15) is 0 Å². The molecule has 0 atom stereocenters. The van der Waals surface area contributed by atoms with E-state index in [0.29, 0.717) is 5.52 Å². The van der Waals surface area contributed by atoms with Crippen LogP contribution in [0, 0.1) is 0 Å². The van der Waals surface area contributed by atoms with Crippen molar-refractivity contribution >= 4 is 45.6 Å². The number of nitrogens with one attached hydrogen (secondary N) is 1. The van der Waals surface area contributed by atoms with Crippen LogP contribution in [-0.4, -0.2) is 55.0 Å². The van der Waals surface area contributed by atoms with Crippen LogP contribution in [0.3, 0.4) is 0 Å². The van der Waals surface area contributed by atoms with Crippen molar-refractivity contribution in [3.05, 3.63) is 18.2 Å². The zero-order chi connectivity index (χ0) is 8.72. The number of hydrogen-bond acceptors (Lipinski definition) is 3. The van der Waals surface area contributed by atoms with Crippen LogP contribution in [0.5, 0.6) is 17.4 Å². The van der Waals surface area contributed by atoms with Gasteiger partial charge in [-0.25, -0.2) is 0 Å². The fourth-order valence-corrected chi connectivity index (χ4v) is 1.20. The first kappa shape index (κ1) is 25.1. The van der Waals surface area contributed by atoms with Gasteiger partial charge >= 0.3 is 34.7 Å². The fraction of sp³-hybridized carbons (Fsp3) is 0. The second-order valence-corrected chi connectivity index (χ2v) is 2.52. The molecule has 0 aliphatic rings. The molecule has 1 aromatic heterocycles. The van der Waals surface area contributed by atoms with Gasteiger partial charge in [0.25, 0.3) is 0 Å². The number of aromatic amines is 1. The van der Waals surface area contributed by atoms with Gasteiger partial charge in [0.2, 0.25) is 5.88 Å². The molecule has 86 valence electrons. The van der Waals surface area contributed by atoms with E-state index < -0.39 is 0 Å². The molecule has 1 heterocycles. The van der Waals surface area contributed by atoms with Crippen LogP contribution in [0.15, 0.2) is 18.2 Å². The number of aromatic nitrogens is 1. The van der Waals surface area contributed by atoms with E-state index in [1.165, 1.54) is 6.07 Å². The molecule has 0 spiro atoms. The van der Waals surface area contributed by atoms with Gasteiger partial charge in [-0.3, -0.25) is 0 Å². The van der Waals surface area contributed by atoms with Crippen molar-refractivity contribution in [3.63, 3.8) is 0 Å². The smallest absolute Gasteiger partial charge is 2.00 e. The molecule has 0 amide bonds. The van der Waals surface area contributed by atoms with Crippen molar-refractivity contribution < 1.29 is 31.7 Å². The van der Waals surface area contributed by atoms with Crippen LogP contribution in [-0.2, 0) is 16.4 Å². The van der Waals surface area contributed by atoms with E-state index in [2.05, 4.69) is 4.98 Å². The van der Waals surface area contributed by atoms with Gasteiger partial charge in [0, 0.05) is 0 Å². The second kappa shape index (κ2) is 9.17. The van der Waals surface area contributed by atoms with Gasteiger partial charge in [0.1, 0.15) is 5.75 Å². The minimum absolute atomic E-state index is 0. The molecule has 0 saturated heterocycles. The Bertz CT molecular complexity index is 447. The molecule has 0 fully saturated rings. The molecule has 1 aromatic carbocycles. The molecule has 2 rings (SSSR count). The Balaban J connectivity index is -0.000000169. The monoisotopic (exact) mass is 267 g/mol. The van der Waals surface area contributed by atoms with Gasteiger partial charge in [-0.1, -0.05) is 6.07 Å². The SMILES string of the molecule is Oc1[nH]c2cccc(O)c2c1O.[Al+3].[Al+3].[O-2].[O-2].[O-2]. The first-order valence-electron chi connectivity index (χ1n) is 3.41. The molecule has 0 aliphatic carbocycles. The minimum Gasteiger partial charge on any atom is -2.00 e. The van der Waals surface area contributed by atoms with Crippen LogP contribution in [0.25, 0.3) is 10.9 Å². The number of phenolic OH excluding ortho intramolecular Hbond substituents is 1. The molecule has 9 heteroatoms. The summed E-state index contributed by atoms with van der Waals surface area (Å²) in [6, 6.07) is 4.71. The van der Waals surface area contributed by atoms with E-state index in [4.69, 9.17) is 5.11 Å². The quantitative estimate of drug-likeness (QED) is 0.501. The Morgan fingerprint density at radius 3 is 1.88 bits per heavy atom. The summed E-state index contributed by atoms with van der Waals surface area (Å²) in [7, 11) is 0. The van der Waals surface area contributed by atoms with Crippen molar-refractivity contribution in [2.75, 3.05) is 0 Å². The zero-order valence-electron chi connectivity index (χ0n) is 8.45. The van der Waals surface area contributed by atoms with Gasteiger partial charge in [0.05, 0.1) is 10.9 Å². The van der Waals surface area contributed by atoms with Crippen molar-refractivity contribution in [1.29, 1.82) is 0 Å². The summed E-state index contributed by atoms with van der Waals surface area (Å²) in [6.07, 6.45) is 0. The molecule has 17 heavy (non-hydrogen) atoms. The molecule has 2 aromatic rings. The predicted octanol–water partition coefficient (Wildman–Crippen LogP) is 0.167. The summed E-state index contributed by atoms with van der Waals surface area (Å²) in [5.74, 6) is -0.698. The number of aromatic hydroxyl groups is 3. The number of phenols is 1. The van der Waals surface area contributed by atoms with Crippen molar-refractivity contribution in [2.24, 2.45) is 0 Å².